The maximum atomic E-state index is 11.8. The highest BCUT2D eigenvalue weighted by atomic mass is 32.2. The van der Waals surface area contributed by atoms with Crippen molar-refractivity contribution in [2.45, 2.75) is 46.1 Å². The maximum absolute atomic E-state index is 11.8. The molecule has 2 rings (SSSR count). The van der Waals surface area contributed by atoms with E-state index in [4.69, 9.17) is 0 Å². The molecule has 1 aromatic rings. The summed E-state index contributed by atoms with van der Waals surface area (Å²) in [5, 5.41) is 0. The van der Waals surface area contributed by atoms with Gasteiger partial charge in [0.05, 0.1) is 12.3 Å². The van der Waals surface area contributed by atoms with Crippen LogP contribution in [0.4, 0.5) is 5.82 Å². The van der Waals surface area contributed by atoms with E-state index < -0.39 is 10.0 Å². The van der Waals surface area contributed by atoms with Gasteiger partial charge in [0.25, 0.3) is 0 Å². The number of unbranched alkanes of at least 4 members (excludes halogenated alkanes) is 1. The topological polar surface area (TPSA) is 75.2 Å². The van der Waals surface area contributed by atoms with Crippen LogP contribution in [-0.2, 0) is 16.6 Å². The molecular weight excluding hydrogens is 288 g/mol. The molecule has 0 atom stereocenters. The first kappa shape index (κ1) is 16.2. The Bertz CT molecular complexity index is 568. The number of anilines is 1. The van der Waals surface area contributed by atoms with Gasteiger partial charge in [-0.3, -0.25) is 0 Å². The summed E-state index contributed by atoms with van der Waals surface area (Å²) in [6, 6.07) is 1.96. The van der Waals surface area contributed by atoms with Crippen LogP contribution in [0.25, 0.3) is 0 Å². The van der Waals surface area contributed by atoms with E-state index in [1.165, 1.54) is 12.8 Å². The first-order chi connectivity index (χ1) is 10.00. The summed E-state index contributed by atoms with van der Waals surface area (Å²) in [5.41, 5.74) is 0.870. The van der Waals surface area contributed by atoms with Crippen molar-refractivity contribution >= 4 is 15.8 Å². The van der Waals surface area contributed by atoms with Gasteiger partial charge in [-0.05, 0) is 26.2 Å². The van der Waals surface area contributed by atoms with Gasteiger partial charge < -0.3 is 4.90 Å². The van der Waals surface area contributed by atoms with Crippen LogP contribution in [0.15, 0.2) is 6.07 Å². The molecule has 118 valence electrons. The number of aromatic nitrogens is 2. The molecule has 0 saturated carbocycles. The lowest BCUT2D eigenvalue weighted by Crippen LogP contribution is -2.27. The van der Waals surface area contributed by atoms with Crippen LogP contribution in [0, 0.1) is 6.92 Å². The normalized spacial score (nSPS) is 15.6. The van der Waals surface area contributed by atoms with Gasteiger partial charge in [0.1, 0.15) is 11.6 Å². The second-order valence-corrected chi connectivity index (χ2v) is 7.40. The van der Waals surface area contributed by atoms with Crippen molar-refractivity contribution in [1.29, 1.82) is 0 Å². The summed E-state index contributed by atoms with van der Waals surface area (Å²) in [6.07, 6.45) is 3.90. The third-order valence-corrected chi connectivity index (χ3v) is 4.94. The molecular formula is C14H24N4O2S. The molecule has 0 spiro atoms. The molecule has 0 radical (unpaired) electrons. The zero-order valence-corrected chi connectivity index (χ0v) is 13.6. The quantitative estimate of drug-likeness (QED) is 0.828. The van der Waals surface area contributed by atoms with Crippen molar-refractivity contribution in [1.82, 2.24) is 14.7 Å². The molecule has 0 bridgehead atoms. The van der Waals surface area contributed by atoms with E-state index in [1.54, 1.807) is 0 Å². The minimum Gasteiger partial charge on any atom is -0.357 e. The molecule has 1 saturated heterocycles. The van der Waals surface area contributed by atoms with Crippen LogP contribution in [0.5, 0.6) is 0 Å². The van der Waals surface area contributed by atoms with Crippen molar-refractivity contribution < 1.29 is 8.42 Å². The SMILES string of the molecule is CCCCS(=O)(=O)NCc1nc(C)cc(N2CCCC2)n1. The molecule has 1 aliphatic rings. The molecule has 1 aromatic heterocycles. The number of sulfonamides is 1. The molecule has 2 heterocycles. The molecule has 0 unspecified atom stereocenters. The Labute approximate surface area is 127 Å². The van der Waals surface area contributed by atoms with Crippen molar-refractivity contribution in [3.63, 3.8) is 0 Å². The molecule has 1 fully saturated rings. The summed E-state index contributed by atoms with van der Waals surface area (Å²) < 4.78 is 26.2. The van der Waals surface area contributed by atoms with Gasteiger partial charge in [-0.15, -0.1) is 0 Å². The van der Waals surface area contributed by atoms with Gasteiger partial charge in [-0.1, -0.05) is 13.3 Å². The Morgan fingerprint density at radius 2 is 2.00 bits per heavy atom. The molecule has 7 heteroatoms. The maximum Gasteiger partial charge on any atom is 0.212 e. The summed E-state index contributed by atoms with van der Waals surface area (Å²) >= 11 is 0. The van der Waals surface area contributed by atoms with Crippen LogP contribution in [0.1, 0.15) is 44.1 Å². The van der Waals surface area contributed by atoms with E-state index in [9.17, 15) is 8.42 Å². The summed E-state index contributed by atoms with van der Waals surface area (Å²) in [4.78, 5) is 11.0. The highest BCUT2D eigenvalue weighted by Gasteiger charge is 2.16. The molecule has 6 nitrogen and oxygen atoms in total. The fourth-order valence-electron chi connectivity index (χ4n) is 2.38. The Kier molecular flexibility index (Phi) is 5.52. The van der Waals surface area contributed by atoms with Gasteiger partial charge in [0.2, 0.25) is 10.0 Å². The standard InChI is InChI=1S/C14H24N4O2S/c1-3-4-9-21(19,20)15-11-13-16-12(2)10-14(17-13)18-7-5-6-8-18/h10,15H,3-9,11H2,1-2H3. The molecule has 21 heavy (non-hydrogen) atoms. The molecule has 1 aliphatic heterocycles. The second-order valence-electron chi connectivity index (χ2n) is 5.47. The van der Waals surface area contributed by atoms with Crippen LogP contribution >= 0.6 is 0 Å². The predicted molar refractivity (Wildman–Crippen MR) is 83.8 cm³/mol. The average molecular weight is 312 g/mol. The Balaban J connectivity index is 2.03. The number of hydrogen-bond donors (Lipinski definition) is 1. The third-order valence-electron chi connectivity index (χ3n) is 3.53. The van der Waals surface area contributed by atoms with E-state index in [1.807, 2.05) is 19.9 Å². The number of nitrogens with one attached hydrogen (secondary N) is 1. The van der Waals surface area contributed by atoms with Gasteiger partial charge in [-0.2, -0.15) is 0 Å². The van der Waals surface area contributed by atoms with E-state index in [0.717, 1.165) is 31.0 Å². The number of rotatable bonds is 7. The Hall–Kier alpha value is -1.21. The summed E-state index contributed by atoms with van der Waals surface area (Å²) in [6.45, 7) is 6.07. The minimum atomic E-state index is -3.23. The van der Waals surface area contributed by atoms with E-state index >= 15 is 0 Å². The lowest BCUT2D eigenvalue weighted by molar-refractivity contribution is 0.575. The monoisotopic (exact) mass is 312 g/mol. The summed E-state index contributed by atoms with van der Waals surface area (Å²) in [5.74, 6) is 1.61. The fraction of sp³-hybridized carbons (Fsp3) is 0.714. The molecule has 0 aliphatic carbocycles. The van der Waals surface area contributed by atoms with E-state index in [-0.39, 0.29) is 12.3 Å². The Morgan fingerprint density at radius 1 is 1.29 bits per heavy atom. The molecule has 1 N–H and O–H groups in total. The van der Waals surface area contributed by atoms with Crippen LogP contribution in [-0.4, -0.2) is 37.2 Å². The number of aryl methyl sites for hydroxylation is 1. The number of nitrogens with zero attached hydrogens (tertiary/aromatic N) is 3. The average Bonchev–Trinajstić information content (AvgIpc) is 2.97. The van der Waals surface area contributed by atoms with Crippen molar-refractivity contribution in [2.75, 3.05) is 23.7 Å². The number of hydrogen-bond acceptors (Lipinski definition) is 5. The van der Waals surface area contributed by atoms with Gasteiger partial charge >= 0.3 is 0 Å². The van der Waals surface area contributed by atoms with Crippen LogP contribution < -0.4 is 9.62 Å². The van der Waals surface area contributed by atoms with Crippen LogP contribution in [0.2, 0.25) is 0 Å². The van der Waals surface area contributed by atoms with Crippen LogP contribution in [0.3, 0.4) is 0 Å². The Morgan fingerprint density at radius 3 is 2.67 bits per heavy atom. The minimum absolute atomic E-state index is 0.161. The smallest absolute Gasteiger partial charge is 0.212 e. The second kappa shape index (κ2) is 7.17. The first-order valence-corrected chi connectivity index (χ1v) is 9.22. The van der Waals surface area contributed by atoms with Gasteiger partial charge in [0, 0.05) is 24.8 Å². The zero-order valence-electron chi connectivity index (χ0n) is 12.8. The van der Waals surface area contributed by atoms with Crippen molar-refractivity contribution in [3.05, 3.63) is 17.6 Å². The largest absolute Gasteiger partial charge is 0.357 e. The van der Waals surface area contributed by atoms with E-state index in [0.29, 0.717) is 12.2 Å². The first-order valence-electron chi connectivity index (χ1n) is 7.57. The zero-order chi connectivity index (χ0) is 15.3. The lowest BCUT2D eigenvalue weighted by atomic mass is 10.4. The predicted octanol–water partition coefficient (Wildman–Crippen LogP) is 1.60. The van der Waals surface area contributed by atoms with Gasteiger partial charge in [-0.25, -0.2) is 23.1 Å². The van der Waals surface area contributed by atoms with E-state index in [2.05, 4.69) is 19.6 Å². The molecule has 0 aromatic carbocycles. The molecule has 0 amide bonds. The summed E-state index contributed by atoms with van der Waals surface area (Å²) in [7, 11) is -3.23. The van der Waals surface area contributed by atoms with Crippen molar-refractivity contribution in [3.8, 4) is 0 Å². The lowest BCUT2D eigenvalue weighted by Gasteiger charge is -2.17. The highest BCUT2D eigenvalue weighted by molar-refractivity contribution is 7.89. The fourth-order valence-corrected chi connectivity index (χ4v) is 3.54. The third kappa shape index (κ3) is 4.93. The van der Waals surface area contributed by atoms with Crippen molar-refractivity contribution in [2.24, 2.45) is 0 Å². The van der Waals surface area contributed by atoms with Gasteiger partial charge in [0.15, 0.2) is 0 Å². The highest BCUT2D eigenvalue weighted by Crippen LogP contribution is 2.18.